The number of hydrogen-bond acceptors (Lipinski definition) is 4. The number of anilines is 1. The first-order valence-electron chi connectivity index (χ1n) is 5.62. The van der Waals surface area contributed by atoms with Crippen molar-refractivity contribution in [2.45, 2.75) is 0 Å². The highest BCUT2D eigenvalue weighted by Gasteiger charge is 2.12. The Kier molecular flexibility index (Phi) is 3.25. The Balaban J connectivity index is 2.68. The van der Waals surface area contributed by atoms with Crippen molar-refractivity contribution in [2.75, 3.05) is 12.8 Å². The van der Waals surface area contributed by atoms with Crippen molar-refractivity contribution >= 4 is 5.82 Å². The first kappa shape index (κ1) is 12.7. The summed E-state index contributed by atoms with van der Waals surface area (Å²) in [6, 6.07) is 10.7. The number of hydrogen-bond donors (Lipinski definition) is 1. The van der Waals surface area contributed by atoms with E-state index in [0.29, 0.717) is 17.1 Å². The maximum Gasteiger partial charge on any atom is 0.270 e. The normalized spacial score (nSPS) is 9.95. The predicted octanol–water partition coefficient (Wildman–Crippen LogP) is 1.51. The van der Waals surface area contributed by atoms with Crippen LogP contribution in [0.25, 0.3) is 11.1 Å². The number of aromatic nitrogens is 1. The second-order valence-electron chi connectivity index (χ2n) is 4.06. The van der Waals surface area contributed by atoms with Gasteiger partial charge in [0, 0.05) is 12.6 Å². The molecule has 1 aromatic heterocycles. The number of rotatable bonds is 2. The van der Waals surface area contributed by atoms with E-state index >= 15 is 0 Å². The minimum Gasteiger partial charge on any atom is -0.497 e. The minimum absolute atomic E-state index is 0.0851. The monoisotopic (exact) mass is 255 g/mol. The first-order valence-corrected chi connectivity index (χ1v) is 5.62. The fourth-order valence-corrected chi connectivity index (χ4v) is 1.82. The van der Waals surface area contributed by atoms with E-state index in [4.69, 9.17) is 15.7 Å². The van der Waals surface area contributed by atoms with Gasteiger partial charge in [0.05, 0.1) is 7.11 Å². The van der Waals surface area contributed by atoms with Crippen LogP contribution in [-0.4, -0.2) is 11.7 Å². The summed E-state index contributed by atoms with van der Waals surface area (Å²) in [7, 11) is 3.11. The van der Waals surface area contributed by atoms with Crippen LogP contribution in [0, 0.1) is 11.3 Å². The van der Waals surface area contributed by atoms with E-state index in [9.17, 15) is 4.79 Å². The van der Waals surface area contributed by atoms with E-state index in [1.165, 1.54) is 11.6 Å². The van der Waals surface area contributed by atoms with E-state index < -0.39 is 5.56 Å². The van der Waals surface area contributed by atoms with Gasteiger partial charge in [-0.2, -0.15) is 5.26 Å². The molecule has 5 nitrogen and oxygen atoms in total. The number of benzene rings is 1. The molecule has 0 aliphatic rings. The molecule has 2 aromatic rings. The van der Waals surface area contributed by atoms with Crippen LogP contribution in [-0.2, 0) is 7.05 Å². The van der Waals surface area contributed by atoms with Gasteiger partial charge in [-0.1, -0.05) is 12.1 Å². The minimum atomic E-state index is -0.395. The van der Waals surface area contributed by atoms with Crippen LogP contribution in [0.3, 0.4) is 0 Å². The highest BCUT2D eigenvalue weighted by Crippen LogP contribution is 2.25. The molecule has 0 radical (unpaired) electrons. The van der Waals surface area contributed by atoms with Crippen molar-refractivity contribution in [1.29, 1.82) is 5.26 Å². The SMILES string of the molecule is COc1ccc(-c2cc(N)n(C)c(=O)c2C#N)cc1. The zero-order valence-electron chi connectivity index (χ0n) is 10.7. The molecular weight excluding hydrogens is 242 g/mol. The van der Waals surface area contributed by atoms with Gasteiger partial charge < -0.3 is 10.5 Å². The van der Waals surface area contributed by atoms with Crippen molar-refractivity contribution in [3.8, 4) is 22.9 Å². The molecular formula is C14H13N3O2. The van der Waals surface area contributed by atoms with Gasteiger partial charge in [-0.3, -0.25) is 9.36 Å². The van der Waals surface area contributed by atoms with Gasteiger partial charge in [-0.15, -0.1) is 0 Å². The molecule has 0 bridgehead atoms. The second-order valence-corrected chi connectivity index (χ2v) is 4.06. The molecule has 2 rings (SSSR count). The summed E-state index contributed by atoms with van der Waals surface area (Å²) in [4.78, 5) is 12.0. The van der Waals surface area contributed by atoms with Gasteiger partial charge >= 0.3 is 0 Å². The zero-order valence-corrected chi connectivity index (χ0v) is 10.7. The van der Waals surface area contributed by atoms with Crippen molar-refractivity contribution in [1.82, 2.24) is 4.57 Å². The van der Waals surface area contributed by atoms with Crippen molar-refractivity contribution in [3.05, 3.63) is 46.2 Å². The fourth-order valence-electron chi connectivity index (χ4n) is 1.82. The van der Waals surface area contributed by atoms with E-state index in [-0.39, 0.29) is 5.56 Å². The first-order chi connectivity index (χ1) is 9.08. The molecule has 0 aliphatic carbocycles. The molecule has 0 amide bonds. The smallest absolute Gasteiger partial charge is 0.270 e. The average Bonchev–Trinajstić information content (AvgIpc) is 2.44. The Hall–Kier alpha value is -2.74. The van der Waals surface area contributed by atoms with Gasteiger partial charge in [0.15, 0.2) is 0 Å². The molecule has 5 heteroatoms. The summed E-state index contributed by atoms with van der Waals surface area (Å²) >= 11 is 0. The van der Waals surface area contributed by atoms with E-state index in [1.54, 1.807) is 37.4 Å². The van der Waals surface area contributed by atoms with Gasteiger partial charge in [0.1, 0.15) is 23.2 Å². The van der Waals surface area contributed by atoms with Crippen LogP contribution >= 0.6 is 0 Å². The summed E-state index contributed by atoms with van der Waals surface area (Å²) in [6.07, 6.45) is 0. The summed E-state index contributed by atoms with van der Waals surface area (Å²) in [5.41, 5.74) is 6.74. The molecule has 0 unspecified atom stereocenters. The zero-order chi connectivity index (χ0) is 14.0. The Bertz CT molecular complexity index is 709. The Labute approximate surface area is 110 Å². The molecule has 0 fully saturated rings. The third kappa shape index (κ3) is 2.16. The molecule has 96 valence electrons. The molecule has 0 spiro atoms. The van der Waals surface area contributed by atoms with Gasteiger partial charge in [0.2, 0.25) is 0 Å². The molecule has 0 saturated carbocycles. The van der Waals surface area contributed by atoms with E-state index in [0.717, 1.165) is 5.56 Å². The highest BCUT2D eigenvalue weighted by molar-refractivity contribution is 5.72. The molecule has 0 saturated heterocycles. The predicted molar refractivity (Wildman–Crippen MR) is 72.8 cm³/mol. The molecule has 2 N–H and O–H groups in total. The third-order valence-corrected chi connectivity index (χ3v) is 2.98. The van der Waals surface area contributed by atoms with E-state index in [1.807, 2.05) is 6.07 Å². The van der Waals surface area contributed by atoms with Crippen LogP contribution in [0.1, 0.15) is 5.56 Å². The summed E-state index contributed by atoms with van der Waals surface area (Å²) in [6.45, 7) is 0. The van der Waals surface area contributed by atoms with Gasteiger partial charge in [-0.05, 0) is 23.8 Å². The van der Waals surface area contributed by atoms with Crippen molar-refractivity contribution in [2.24, 2.45) is 7.05 Å². The Morgan fingerprint density at radius 3 is 2.47 bits per heavy atom. The number of methoxy groups -OCH3 is 1. The number of nitrogens with zero attached hydrogens (tertiary/aromatic N) is 2. The molecule has 1 aromatic carbocycles. The number of pyridine rings is 1. The van der Waals surface area contributed by atoms with E-state index in [2.05, 4.69) is 0 Å². The average molecular weight is 255 g/mol. The maximum absolute atomic E-state index is 12.0. The highest BCUT2D eigenvalue weighted by atomic mass is 16.5. The molecule has 19 heavy (non-hydrogen) atoms. The van der Waals surface area contributed by atoms with Crippen LogP contribution in [0.4, 0.5) is 5.82 Å². The number of nitrogens with two attached hydrogens (primary N) is 1. The lowest BCUT2D eigenvalue weighted by Gasteiger charge is -2.09. The van der Waals surface area contributed by atoms with Crippen LogP contribution < -0.4 is 16.0 Å². The molecule has 0 atom stereocenters. The lowest BCUT2D eigenvalue weighted by molar-refractivity contribution is 0.415. The molecule has 0 aliphatic heterocycles. The Morgan fingerprint density at radius 1 is 1.32 bits per heavy atom. The number of ether oxygens (including phenoxy) is 1. The molecule has 1 heterocycles. The van der Waals surface area contributed by atoms with Crippen LogP contribution in [0.15, 0.2) is 35.1 Å². The van der Waals surface area contributed by atoms with Crippen molar-refractivity contribution < 1.29 is 4.74 Å². The number of nitriles is 1. The Morgan fingerprint density at radius 2 is 1.95 bits per heavy atom. The lowest BCUT2D eigenvalue weighted by atomic mass is 10.0. The maximum atomic E-state index is 12.0. The van der Waals surface area contributed by atoms with Crippen LogP contribution in [0.2, 0.25) is 0 Å². The van der Waals surface area contributed by atoms with Crippen LogP contribution in [0.5, 0.6) is 5.75 Å². The fraction of sp³-hybridized carbons (Fsp3) is 0.143. The second kappa shape index (κ2) is 4.86. The summed E-state index contributed by atoms with van der Waals surface area (Å²) in [5.74, 6) is 1.02. The van der Waals surface area contributed by atoms with Gasteiger partial charge in [-0.25, -0.2) is 0 Å². The third-order valence-electron chi connectivity index (χ3n) is 2.98. The quantitative estimate of drug-likeness (QED) is 0.882. The standard InChI is InChI=1S/C14H13N3O2/c1-17-13(16)7-11(12(8-15)14(17)18)9-3-5-10(19-2)6-4-9/h3-7H,16H2,1-2H3. The van der Waals surface area contributed by atoms with Crippen molar-refractivity contribution in [3.63, 3.8) is 0 Å². The van der Waals surface area contributed by atoms with Gasteiger partial charge in [0.25, 0.3) is 5.56 Å². The summed E-state index contributed by atoms with van der Waals surface area (Å²) < 4.78 is 6.33. The summed E-state index contributed by atoms with van der Waals surface area (Å²) in [5, 5.41) is 9.15. The lowest BCUT2D eigenvalue weighted by Crippen LogP contribution is -2.23. The topological polar surface area (TPSA) is 81.0 Å². The largest absolute Gasteiger partial charge is 0.497 e. The number of nitrogen functional groups attached to an aromatic ring is 1.